The summed E-state index contributed by atoms with van der Waals surface area (Å²) >= 11 is 1.59. The molecule has 3 nitrogen and oxygen atoms in total. The van der Waals surface area contributed by atoms with Gasteiger partial charge in [-0.2, -0.15) is 0 Å². The minimum atomic E-state index is 0.0836. The minimum Gasteiger partial charge on any atom is -0.354 e. The number of nitrogens with zero attached hydrogens (tertiary/aromatic N) is 1. The highest BCUT2D eigenvalue weighted by atomic mass is 32.1. The van der Waals surface area contributed by atoms with E-state index in [1.54, 1.807) is 11.3 Å². The lowest BCUT2D eigenvalue weighted by atomic mass is 10.0. The number of hydrogen-bond acceptors (Lipinski definition) is 4. The summed E-state index contributed by atoms with van der Waals surface area (Å²) in [4.78, 5) is 17.0. The number of Topliss-reactive ketones (excluding diaryl/α,β-unsaturated/α-hetero) is 1. The Kier molecular flexibility index (Phi) is 4.18. The average Bonchev–Trinajstić information content (AvgIpc) is 2.95. The molecule has 0 spiro atoms. The van der Waals surface area contributed by atoms with Crippen LogP contribution in [0.5, 0.6) is 0 Å². The second-order valence-electron chi connectivity index (χ2n) is 5.95. The van der Waals surface area contributed by atoms with Crippen LogP contribution in [0.1, 0.15) is 32.6 Å². The molecule has 1 aromatic heterocycles. The van der Waals surface area contributed by atoms with Crippen molar-refractivity contribution >= 4 is 32.5 Å². The highest BCUT2D eigenvalue weighted by Crippen LogP contribution is 2.29. The van der Waals surface area contributed by atoms with Crippen LogP contribution in [0, 0.1) is 27.7 Å². The van der Waals surface area contributed by atoms with Crippen LogP contribution in [0.15, 0.2) is 30.3 Å². The van der Waals surface area contributed by atoms with Crippen LogP contribution >= 0.6 is 11.3 Å². The molecule has 3 rings (SSSR count). The van der Waals surface area contributed by atoms with E-state index in [1.165, 1.54) is 16.7 Å². The molecule has 0 unspecified atom stereocenters. The molecule has 0 fully saturated rings. The van der Waals surface area contributed by atoms with Crippen LogP contribution in [0.4, 0.5) is 5.13 Å². The molecule has 1 N–H and O–H groups in total. The molecule has 0 aliphatic heterocycles. The fourth-order valence-electron chi connectivity index (χ4n) is 2.47. The van der Waals surface area contributed by atoms with Gasteiger partial charge in [0.15, 0.2) is 10.9 Å². The Labute approximate surface area is 140 Å². The largest absolute Gasteiger partial charge is 0.354 e. The zero-order valence-electron chi connectivity index (χ0n) is 13.9. The Morgan fingerprint density at radius 3 is 2.52 bits per heavy atom. The predicted molar refractivity (Wildman–Crippen MR) is 97.8 cm³/mol. The second-order valence-corrected chi connectivity index (χ2v) is 6.98. The van der Waals surface area contributed by atoms with Gasteiger partial charge in [0.1, 0.15) is 0 Å². The van der Waals surface area contributed by atoms with Gasteiger partial charge < -0.3 is 5.32 Å². The van der Waals surface area contributed by atoms with Crippen molar-refractivity contribution in [1.82, 2.24) is 4.98 Å². The van der Waals surface area contributed by atoms with Crippen LogP contribution in [0.3, 0.4) is 0 Å². The summed E-state index contributed by atoms with van der Waals surface area (Å²) in [6.07, 6.45) is 0. The number of anilines is 1. The second kappa shape index (κ2) is 6.13. The van der Waals surface area contributed by atoms with Gasteiger partial charge >= 0.3 is 0 Å². The Hall–Kier alpha value is -2.20. The fourth-order valence-corrected chi connectivity index (χ4v) is 3.40. The maximum Gasteiger partial charge on any atom is 0.184 e. The molecule has 0 amide bonds. The predicted octanol–water partition coefficient (Wildman–Crippen LogP) is 4.82. The fraction of sp³-hybridized carbons (Fsp3) is 0.263. The van der Waals surface area contributed by atoms with E-state index in [2.05, 4.69) is 36.3 Å². The third-order valence-corrected chi connectivity index (χ3v) is 5.29. The number of fused-ring (bicyclic) bond motifs is 1. The number of aryl methyl sites for hydroxylation is 4. The lowest BCUT2D eigenvalue weighted by Gasteiger charge is -2.05. The number of nitrogens with one attached hydrogen (secondary N) is 1. The van der Waals surface area contributed by atoms with Crippen molar-refractivity contribution in [2.24, 2.45) is 0 Å². The third kappa shape index (κ3) is 3.13. The van der Waals surface area contributed by atoms with Crippen LogP contribution in [-0.2, 0) is 0 Å². The maximum atomic E-state index is 12.3. The molecule has 23 heavy (non-hydrogen) atoms. The van der Waals surface area contributed by atoms with Gasteiger partial charge in [-0.15, -0.1) is 0 Å². The number of carbonyl (C=O) groups excluding carboxylic acids is 1. The zero-order chi connectivity index (χ0) is 16.6. The van der Waals surface area contributed by atoms with Crippen molar-refractivity contribution in [2.45, 2.75) is 27.7 Å². The van der Waals surface area contributed by atoms with Crippen LogP contribution in [0.25, 0.3) is 10.2 Å². The highest BCUT2D eigenvalue weighted by molar-refractivity contribution is 7.22. The zero-order valence-corrected chi connectivity index (χ0v) is 14.7. The lowest BCUT2D eigenvalue weighted by molar-refractivity contribution is 0.101. The molecular formula is C19H20N2OS. The smallest absolute Gasteiger partial charge is 0.184 e. The Morgan fingerprint density at radius 2 is 1.78 bits per heavy atom. The van der Waals surface area contributed by atoms with E-state index >= 15 is 0 Å². The molecule has 3 aromatic rings. The van der Waals surface area contributed by atoms with Gasteiger partial charge in [-0.05, 0) is 62.1 Å². The molecule has 0 aliphatic carbocycles. The number of thiazole rings is 1. The SMILES string of the molecule is Cc1ccc(C(=O)CNc2nc3c(C)c(C)ccc3s2)cc1C. The number of aromatic nitrogens is 1. The van der Waals surface area contributed by atoms with E-state index in [4.69, 9.17) is 0 Å². The van der Waals surface area contributed by atoms with Crippen LogP contribution in [-0.4, -0.2) is 17.3 Å². The summed E-state index contributed by atoms with van der Waals surface area (Å²) in [7, 11) is 0. The van der Waals surface area contributed by atoms with Crippen molar-refractivity contribution in [3.8, 4) is 0 Å². The monoisotopic (exact) mass is 324 g/mol. The first-order valence-corrected chi connectivity index (χ1v) is 8.48. The summed E-state index contributed by atoms with van der Waals surface area (Å²) < 4.78 is 1.15. The van der Waals surface area contributed by atoms with Crippen LogP contribution < -0.4 is 5.32 Å². The van der Waals surface area contributed by atoms with Gasteiger partial charge in [-0.25, -0.2) is 4.98 Å². The first kappa shape index (κ1) is 15.7. The normalized spacial score (nSPS) is 11.0. The molecule has 0 aliphatic rings. The van der Waals surface area contributed by atoms with E-state index < -0.39 is 0 Å². The summed E-state index contributed by atoms with van der Waals surface area (Å²) in [6.45, 7) is 8.51. The molecule has 2 aromatic carbocycles. The molecule has 0 atom stereocenters. The minimum absolute atomic E-state index is 0.0836. The van der Waals surface area contributed by atoms with E-state index in [1.807, 2.05) is 32.0 Å². The average molecular weight is 324 g/mol. The standard InChI is InChI=1S/C19H20N2OS/c1-11-5-7-15(9-13(11)3)16(22)10-20-19-21-18-14(4)12(2)6-8-17(18)23-19/h5-9H,10H2,1-4H3,(H,20,21). The number of hydrogen-bond donors (Lipinski definition) is 1. The Bertz CT molecular complexity index is 896. The van der Waals surface area contributed by atoms with E-state index in [0.717, 1.165) is 26.5 Å². The van der Waals surface area contributed by atoms with Crippen molar-refractivity contribution in [3.05, 3.63) is 58.1 Å². The molecular weight excluding hydrogens is 304 g/mol. The number of benzene rings is 2. The molecule has 0 saturated carbocycles. The molecule has 118 valence electrons. The molecule has 4 heteroatoms. The first-order valence-electron chi connectivity index (χ1n) is 7.67. The van der Waals surface area contributed by atoms with Crippen molar-refractivity contribution < 1.29 is 4.79 Å². The van der Waals surface area contributed by atoms with Crippen molar-refractivity contribution in [1.29, 1.82) is 0 Å². The van der Waals surface area contributed by atoms with E-state index in [-0.39, 0.29) is 12.3 Å². The van der Waals surface area contributed by atoms with Crippen molar-refractivity contribution in [3.63, 3.8) is 0 Å². The van der Waals surface area contributed by atoms with Gasteiger partial charge in [0.25, 0.3) is 0 Å². The number of ketones is 1. The number of rotatable bonds is 4. The van der Waals surface area contributed by atoms with Gasteiger partial charge in [-0.1, -0.05) is 29.5 Å². The quantitative estimate of drug-likeness (QED) is 0.699. The van der Waals surface area contributed by atoms with Crippen LogP contribution in [0.2, 0.25) is 0 Å². The summed E-state index contributed by atoms with van der Waals surface area (Å²) in [6, 6.07) is 10.0. The summed E-state index contributed by atoms with van der Waals surface area (Å²) in [5, 5.41) is 3.97. The van der Waals surface area contributed by atoms with Gasteiger partial charge in [-0.3, -0.25) is 4.79 Å². The summed E-state index contributed by atoms with van der Waals surface area (Å²) in [5.41, 5.74) is 6.55. The molecule has 0 radical (unpaired) electrons. The third-order valence-electron chi connectivity index (χ3n) is 4.31. The molecule has 0 saturated heterocycles. The maximum absolute atomic E-state index is 12.3. The number of carbonyl (C=O) groups is 1. The Balaban J connectivity index is 1.76. The first-order chi connectivity index (χ1) is 11.0. The topological polar surface area (TPSA) is 42.0 Å². The Morgan fingerprint density at radius 1 is 1.04 bits per heavy atom. The summed E-state index contributed by atoms with van der Waals surface area (Å²) in [5.74, 6) is 0.0836. The van der Waals surface area contributed by atoms with Gasteiger partial charge in [0.05, 0.1) is 16.8 Å². The highest BCUT2D eigenvalue weighted by Gasteiger charge is 2.10. The van der Waals surface area contributed by atoms with Gasteiger partial charge in [0, 0.05) is 5.56 Å². The van der Waals surface area contributed by atoms with E-state index in [0.29, 0.717) is 0 Å². The molecule has 1 heterocycles. The van der Waals surface area contributed by atoms with Gasteiger partial charge in [0.2, 0.25) is 0 Å². The lowest BCUT2D eigenvalue weighted by Crippen LogP contribution is -2.14. The van der Waals surface area contributed by atoms with Crippen molar-refractivity contribution in [2.75, 3.05) is 11.9 Å². The van der Waals surface area contributed by atoms with E-state index in [9.17, 15) is 4.79 Å². The molecule has 0 bridgehead atoms.